The molecule has 2 heterocycles. The van der Waals surface area contributed by atoms with Gasteiger partial charge in [-0.2, -0.15) is 0 Å². The van der Waals surface area contributed by atoms with Gasteiger partial charge >= 0.3 is 0 Å². The normalized spacial score (nSPS) is 14.0. The molecule has 1 atom stereocenters. The van der Waals surface area contributed by atoms with Crippen LogP contribution in [-0.4, -0.2) is 9.55 Å². The van der Waals surface area contributed by atoms with Crippen LogP contribution in [0.2, 0.25) is 0 Å². The van der Waals surface area contributed by atoms with Crippen LogP contribution < -0.4 is 0 Å². The summed E-state index contributed by atoms with van der Waals surface area (Å²) in [6.45, 7) is 17.8. The minimum Gasteiger partial charge on any atom is -0.341 e. The molecule has 0 saturated carbocycles. The molecular formula is C28H42N2. The molecule has 164 valence electrons. The van der Waals surface area contributed by atoms with Gasteiger partial charge in [-0.05, 0) is 66.7 Å². The zero-order chi connectivity index (χ0) is 21.9. The van der Waals surface area contributed by atoms with Gasteiger partial charge in [-0.15, -0.1) is 0 Å². The molecule has 30 heavy (non-hydrogen) atoms. The predicted octanol–water partition coefficient (Wildman–Crippen LogP) is 8.73. The Morgan fingerprint density at radius 2 is 1.63 bits per heavy atom. The van der Waals surface area contributed by atoms with Crippen molar-refractivity contribution in [3.05, 3.63) is 42.2 Å². The molecule has 2 heteroatoms. The van der Waals surface area contributed by atoms with Crippen molar-refractivity contribution in [2.45, 2.75) is 99.5 Å². The van der Waals surface area contributed by atoms with Crippen molar-refractivity contribution < 1.29 is 0 Å². The van der Waals surface area contributed by atoms with Crippen LogP contribution in [0.25, 0.3) is 21.8 Å². The average Bonchev–Trinajstić information content (AvgIpc) is 3.03. The van der Waals surface area contributed by atoms with Crippen molar-refractivity contribution in [3.8, 4) is 0 Å². The van der Waals surface area contributed by atoms with Gasteiger partial charge in [-0.3, -0.25) is 4.98 Å². The molecule has 0 bridgehead atoms. The number of rotatable bonds is 10. The summed E-state index contributed by atoms with van der Waals surface area (Å²) in [4.78, 5) is 4.44. The molecule has 0 aliphatic rings. The minimum absolute atomic E-state index is 0.288. The van der Waals surface area contributed by atoms with Gasteiger partial charge in [0, 0.05) is 35.2 Å². The quantitative estimate of drug-likeness (QED) is 0.329. The maximum absolute atomic E-state index is 4.44. The molecule has 1 unspecified atom stereocenters. The molecule has 0 aliphatic carbocycles. The molecule has 2 aromatic heterocycles. The van der Waals surface area contributed by atoms with Crippen molar-refractivity contribution in [3.63, 3.8) is 0 Å². The molecule has 1 aromatic carbocycles. The highest BCUT2D eigenvalue weighted by atomic mass is 15.0. The second-order valence-corrected chi connectivity index (χ2v) is 10.7. The van der Waals surface area contributed by atoms with E-state index in [9.17, 15) is 0 Å². The van der Waals surface area contributed by atoms with Crippen molar-refractivity contribution in [2.75, 3.05) is 0 Å². The van der Waals surface area contributed by atoms with Crippen LogP contribution in [0.15, 0.2) is 36.7 Å². The van der Waals surface area contributed by atoms with E-state index in [1.54, 1.807) is 0 Å². The minimum atomic E-state index is 0.288. The van der Waals surface area contributed by atoms with Gasteiger partial charge < -0.3 is 4.57 Å². The first-order valence-corrected chi connectivity index (χ1v) is 12.1. The molecule has 0 aliphatic heterocycles. The van der Waals surface area contributed by atoms with Crippen LogP contribution in [0.1, 0.15) is 98.5 Å². The molecule has 3 rings (SSSR count). The monoisotopic (exact) mass is 406 g/mol. The highest BCUT2D eigenvalue weighted by molar-refractivity contribution is 6.07. The van der Waals surface area contributed by atoms with E-state index in [1.165, 1.54) is 65.9 Å². The van der Waals surface area contributed by atoms with E-state index in [-0.39, 0.29) is 5.41 Å². The topological polar surface area (TPSA) is 17.8 Å². The summed E-state index contributed by atoms with van der Waals surface area (Å²) >= 11 is 0. The smallest absolute Gasteiger partial charge is 0.0522 e. The molecule has 0 N–H and O–H groups in total. The standard InChI is InChI=1S/C28H42N2/c1-8-11-16-28(6,7)24(19-27(4,5)15-9-2)21-12-13-25-22(18-21)23-20-29-17-14-26(23)30(25)10-3/h12-14,17-18,20,24H,8-11,15-16,19H2,1-7H3. The van der Waals surface area contributed by atoms with E-state index < -0.39 is 0 Å². The molecule has 0 radical (unpaired) electrons. The van der Waals surface area contributed by atoms with Crippen molar-refractivity contribution in [1.82, 2.24) is 9.55 Å². The zero-order valence-electron chi connectivity index (χ0n) is 20.4. The Morgan fingerprint density at radius 3 is 2.30 bits per heavy atom. The Hall–Kier alpha value is -1.83. The third kappa shape index (κ3) is 4.58. The Morgan fingerprint density at radius 1 is 0.900 bits per heavy atom. The van der Waals surface area contributed by atoms with Gasteiger partial charge in [0.25, 0.3) is 0 Å². The number of hydrogen-bond acceptors (Lipinski definition) is 1. The fourth-order valence-electron chi connectivity index (χ4n) is 5.51. The van der Waals surface area contributed by atoms with Gasteiger partial charge in [-0.25, -0.2) is 0 Å². The fraction of sp³-hybridized carbons (Fsp3) is 0.607. The summed E-state index contributed by atoms with van der Waals surface area (Å²) in [5.74, 6) is 0.562. The van der Waals surface area contributed by atoms with Gasteiger partial charge in [-0.1, -0.05) is 66.9 Å². The number of aryl methyl sites for hydroxylation is 1. The average molecular weight is 407 g/mol. The Labute approximate surface area is 184 Å². The second-order valence-electron chi connectivity index (χ2n) is 10.7. The Balaban J connectivity index is 2.13. The summed E-state index contributed by atoms with van der Waals surface area (Å²) in [5, 5.41) is 2.65. The lowest BCUT2D eigenvalue weighted by Gasteiger charge is -2.40. The number of fused-ring (bicyclic) bond motifs is 3. The van der Waals surface area contributed by atoms with Crippen LogP contribution >= 0.6 is 0 Å². The lowest BCUT2D eigenvalue weighted by atomic mass is 9.65. The first-order valence-electron chi connectivity index (χ1n) is 12.1. The number of benzene rings is 1. The fourth-order valence-corrected chi connectivity index (χ4v) is 5.51. The van der Waals surface area contributed by atoms with Crippen molar-refractivity contribution in [1.29, 1.82) is 0 Å². The van der Waals surface area contributed by atoms with Crippen LogP contribution in [0, 0.1) is 10.8 Å². The maximum atomic E-state index is 4.44. The van der Waals surface area contributed by atoms with E-state index in [1.807, 2.05) is 12.4 Å². The lowest BCUT2D eigenvalue weighted by Crippen LogP contribution is -2.27. The third-order valence-electron chi connectivity index (χ3n) is 7.21. The second kappa shape index (κ2) is 9.12. The molecule has 2 nitrogen and oxygen atoms in total. The van der Waals surface area contributed by atoms with Crippen LogP contribution in [-0.2, 0) is 6.54 Å². The van der Waals surface area contributed by atoms with E-state index in [0.717, 1.165) is 6.54 Å². The summed E-state index contributed by atoms with van der Waals surface area (Å²) in [7, 11) is 0. The maximum Gasteiger partial charge on any atom is 0.0522 e. The highest BCUT2D eigenvalue weighted by Crippen LogP contribution is 2.48. The van der Waals surface area contributed by atoms with Crippen LogP contribution in [0.4, 0.5) is 0 Å². The highest BCUT2D eigenvalue weighted by Gasteiger charge is 2.35. The largest absolute Gasteiger partial charge is 0.341 e. The molecule has 0 saturated heterocycles. The molecule has 0 fully saturated rings. The summed E-state index contributed by atoms with van der Waals surface area (Å²) in [6.07, 6.45) is 11.6. The number of unbranched alkanes of at least 4 members (excludes halogenated alkanes) is 1. The number of aromatic nitrogens is 2. The van der Waals surface area contributed by atoms with Crippen LogP contribution in [0.3, 0.4) is 0 Å². The van der Waals surface area contributed by atoms with Gasteiger partial charge in [0.15, 0.2) is 0 Å². The first-order chi connectivity index (χ1) is 14.2. The molecular weight excluding hydrogens is 364 g/mol. The van der Waals surface area contributed by atoms with E-state index in [4.69, 9.17) is 0 Å². The van der Waals surface area contributed by atoms with Gasteiger partial charge in [0.1, 0.15) is 0 Å². The van der Waals surface area contributed by atoms with Crippen molar-refractivity contribution in [2.24, 2.45) is 10.8 Å². The number of nitrogens with zero attached hydrogens (tertiary/aromatic N) is 2. The summed E-state index contributed by atoms with van der Waals surface area (Å²) in [5.41, 5.74) is 4.79. The summed E-state index contributed by atoms with van der Waals surface area (Å²) in [6, 6.07) is 9.43. The SMILES string of the molecule is CCCCC(C)(C)C(CC(C)(C)CCC)c1ccc2c(c1)c1cnccc1n2CC. The third-order valence-corrected chi connectivity index (χ3v) is 7.21. The predicted molar refractivity (Wildman–Crippen MR) is 132 cm³/mol. The van der Waals surface area contributed by atoms with Gasteiger partial charge in [0.05, 0.1) is 5.52 Å². The number of pyridine rings is 1. The zero-order valence-corrected chi connectivity index (χ0v) is 20.4. The first kappa shape index (κ1) is 22.8. The Bertz CT molecular complexity index is 977. The summed E-state index contributed by atoms with van der Waals surface area (Å²) < 4.78 is 2.42. The number of hydrogen-bond donors (Lipinski definition) is 0. The molecule has 0 spiro atoms. The van der Waals surface area contributed by atoms with Crippen molar-refractivity contribution >= 4 is 21.8 Å². The molecule has 0 amide bonds. The lowest BCUT2D eigenvalue weighted by molar-refractivity contribution is 0.174. The Kier molecular flexibility index (Phi) is 6.95. The van der Waals surface area contributed by atoms with E-state index >= 15 is 0 Å². The van der Waals surface area contributed by atoms with Crippen LogP contribution in [0.5, 0.6) is 0 Å². The molecule has 3 aromatic rings. The van der Waals surface area contributed by atoms with Gasteiger partial charge in [0.2, 0.25) is 0 Å². The van der Waals surface area contributed by atoms with E-state index in [0.29, 0.717) is 11.3 Å². The van der Waals surface area contributed by atoms with E-state index in [2.05, 4.69) is 82.3 Å².